The fraction of sp³-hybridized carbons (Fsp3) is 0.571. The molecule has 0 heterocycles. The summed E-state index contributed by atoms with van der Waals surface area (Å²) >= 11 is 5.81. The molecule has 2 unspecified atom stereocenters. The standard InChI is InChI=1S/C14H19ClFN/c1-10-5-6-14(7-10,9-17)8-11-3-2-4-12(15)13(11)16/h2-4,10H,5-9,17H2,1H3. The van der Waals surface area contributed by atoms with Crippen LogP contribution in [0.1, 0.15) is 31.7 Å². The summed E-state index contributed by atoms with van der Waals surface area (Å²) in [6, 6.07) is 5.22. The Labute approximate surface area is 107 Å². The van der Waals surface area contributed by atoms with Crippen molar-refractivity contribution in [2.75, 3.05) is 6.54 Å². The number of hydrogen-bond acceptors (Lipinski definition) is 1. The van der Waals surface area contributed by atoms with E-state index in [9.17, 15) is 4.39 Å². The summed E-state index contributed by atoms with van der Waals surface area (Å²) in [5, 5.41) is 0.209. The zero-order valence-corrected chi connectivity index (χ0v) is 10.9. The van der Waals surface area contributed by atoms with Crippen LogP contribution in [0.5, 0.6) is 0 Å². The Morgan fingerprint density at radius 2 is 2.29 bits per heavy atom. The number of benzene rings is 1. The fourth-order valence-corrected chi connectivity index (χ4v) is 3.20. The maximum atomic E-state index is 13.9. The first-order chi connectivity index (χ1) is 8.06. The van der Waals surface area contributed by atoms with Crippen LogP contribution >= 0.6 is 11.6 Å². The van der Waals surface area contributed by atoms with Gasteiger partial charge in [0.1, 0.15) is 5.82 Å². The third-order valence-electron chi connectivity index (χ3n) is 3.98. The first-order valence-electron chi connectivity index (χ1n) is 6.19. The quantitative estimate of drug-likeness (QED) is 0.874. The van der Waals surface area contributed by atoms with Gasteiger partial charge in [0.25, 0.3) is 0 Å². The van der Waals surface area contributed by atoms with E-state index in [4.69, 9.17) is 17.3 Å². The zero-order chi connectivity index (χ0) is 12.5. The van der Waals surface area contributed by atoms with Gasteiger partial charge in [-0.1, -0.05) is 37.1 Å². The molecule has 1 aromatic carbocycles. The van der Waals surface area contributed by atoms with Crippen LogP contribution in [0.2, 0.25) is 5.02 Å². The molecule has 2 atom stereocenters. The second-order valence-electron chi connectivity index (χ2n) is 5.44. The van der Waals surface area contributed by atoms with E-state index >= 15 is 0 Å². The smallest absolute Gasteiger partial charge is 0.144 e. The highest BCUT2D eigenvalue weighted by Gasteiger charge is 2.36. The maximum absolute atomic E-state index is 13.9. The summed E-state index contributed by atoms with van der Waals surface area (Å²) in [6.45, 7) is 2.87. The molecule has 0 saturated heterocycles. The van der Waals surface area contributed by atoms with Crippen LogP contribution in [0.15, 0.2) is 18.2 Å². The molecular formula is C14H19ClFN. The summed E-state index contributed by atoms with van der Waals surface area (Å²) in [7, 11) is 0. The highest BCUT2D eigenvalue weighted by Crippen LogP contribution is 2.43. The molecule has 94 valence electrons. The molecule has 0 aliphatic heterocycles. The first-order valence-corrected chi connectivity index (χ1v) is 6.57. The Morgan fingerprint density at radius 3 is 2.88 bits per heavy atom. The number of rotatable bonds is 3. The number of nitrogens with two attached hydrogens (primary N) is 1. The molecule has 1 aliphatic carbocycles. The summed E-state index contributed by atoms with van der Waals surface area (Å²) in [4.78, 5) is 0. The van der Waals surface area contributed by atoms with Gasteiger partial charge in [-0.3, -0.25) is 0 Å². The molecule has 1 aliphatic rings. The largest absolute Gasteiger partial charge is 0.330 e. The van der Waals surface area contributed by atoms with Crippen molar-refractivity contribution in [1.82, 2.24) is 0 Å². The van der Waals surface area contributed by atoms with Crippen LogP contribution < -0.4 is 5.73 Å². The lowest BCUT2D eigenvalue weighted by molar-refractivity contribution is 0.292. The Hall–Kier alpha value is -0.600. The molecule has 0 amide bonds. The highest BCUT2D eigenvalue weighted by atomic mass is 35.5. The lowest BCUT2D eigenvalue weighted by atomic mass is 9.79. The topological polar surface area (TPSA) is 26.0 Å². The SMILES string of the molecule is CC1CCC(CN)(Cc2cccc(Cl)c2F)C1. The van der Waals surface area contributed by atoms with Gasteiger partial charge < -0.3 is 5.73 Å². The van der Waals surface area contributed by atoms with Crippen molar-refractivity contribution in [1.29, 1.82) is 0 Å². The lowest BCUT2D eigenvalue weighted by Gasteiger charge is -2.28. The Bertz CT molecular complexity index is 407. The van der Waals surface area contributed by atoms with Gasteiger partial charge in [-0.05, 0) is 48.8 Å². The van der Waals surface area contributed by atoms with E-state index in [1.165, 1.54) is 6.42 Å². The molecule has 1 fully saturated rings. The highest BCUT2D eigenvalue weighted by molar-refractivity contribution is 6.30. The van der Waals surface area contributed by atoms with E-state index < -0.39 is 0 Å². The van der Waals surface area contributed by atoms with Crippen LogP contribution in [0.25, 0.3) is 0 Å². The van der Waals surface area contributed by atoms with Gasteiger partial charge in [0.2, 0.25) is 0 Å². The van der Waals surface area contributed by atoms with E-state index in [2.05, 4.69) is 6.92 Å². The van der Waals surface area contributed by atoms with Gasteiger partial charge in [-0.15, -0.1) is 0 Å². The minimum absolute atomic E-state index is 0.0743. The molecule has 2 rings (SSSR count). The zero-order valence-electron chi connectivity index (χ0n) is 10.2. The lowest BCUT2D eigenvalue weighted by Crippen LogP contribution is -2.30. The summed E-state index contributed by atoms with van der Waals surface area (Å²) in [5.41, 5.74) is 6.69. The van der Waals surface area contributed by atoms with Crippen LogP contribution in [0.3, 0.4) is 0 Å². The molecule has 0 aromatic heterocycles. The molecule has 1 nitrogen and oxygen atoms in total. The Morgan fingerprint density at radius 1 is 1.53 bits per heavy atom. The minimum Gasteiger partial charge on any atom is -0.330 e. The second-order valence-corrected chi connectivity index (χ2v) is 5.85. The normalized spacial score (nSPS) is 28.6. The minimum atomic E-state index is -0.276. The fourth-order valence-electron chi connectivity index (χ4n) is 3.00. The molecule has 0 spiro atoms. The predicted molar refractivity (Wildman–Crippen MR) is 69.6 cm³/mol. The van der Waals surface area contributed by atoms with Crippen LogP contribution in [0.4, 0.5) is 4.39 Å². The molecule has 0 bridgehead atoms. The third kappa shape index (κ3) is 2.63. The van der Waals surface area contributed by atoms with Crippen molar-refractivity contribution in [3.05, 3.63) is 34.6 Å². The first kappa shape index (κ1) is 12.8. The van der Waals surface area contributed by atoms with Crippen molar-refractivity contribution < 1.29 is 4.39 Å². The van der Waals surface area contributed by atoms with Gasteiger partial charge >= 0.3 is 0 Å². The van der Waals surface area contributed by atoms with Crippen molar-refractivity contribution in [2.45, 2.75) is 32.6 Å². The molecule has 2 N–H and O–H groups in total. The van der Waals surface area contributed by atoms with Crippen LogP contribution in [0, 0.1) is 17.2 Å². The number of halogens is 2. The van der Waals surface area contributed by atoms with Crippen molar-refractivity contribution >= 4 is 11.6 Å². The average molecular weight is 256 g/mol. The van der Waals surface area contributed by atoms with Gasteiger partial charge in [-0.2, -0.15) is 0 Å². The van der Waals surface area contributed by atoms with Crippen molar-refractivity contribution in [2.24, 2.45) is 17.1 Å². The monoisotopic (exact) mass is 255 g/mol. The van der Waals surface area contributed by atoms with Crippen LogP contribution in [-0.4, -0.2) is 6.54 Å². The van der Waals surface area contributed by atoms with E-state index in [0.29, 0.717) is 24.4 Å². The summed E-state index contributed by atoms with van der Waals surface area (Å²) in [5.74, 6) is 0.419. The van der Waals surface area contributed by atoms with Gasteiger partial charge in [0.15, 0.2) is 0 Å². The predicted octanol–water partition coefficient (Wildman–Crippen LogP) is 3.79. The Kier molecular flexibility index (Phi) is 3.74. The van der Waals surface area contributed by atoms with Crippen molar-refractivity contribution in [3.8, 4) is 0 Å². The summed E-state index contributed by atoms with van der Waals surface area (Å²) in [6.07, 6.45) is 4.09. The average Bonchev–Trinajstić information content (AvgIpc) is 2.68. The second kappa shape index (κ2) is 4.95. The maximum Gasteiger partial charge on any atom is 0.144 e. The molecule has 0 radical (unpaired) electrons. The van der Waals surface area contributed by atoms with E-state index in [1.54, 1.807) is 6.07 Å². The molecule has 17 heavy (non-hydrogen) atoms. The number of hydrogen-bond donors (Lipinski definition) is 1. The van der Waals surface area contributed by atoms with Gasteiger partial charge in [0, 0.05) is 0 Å². The molecule has 1 saturated carbocycles. The van der Waals surface area contributed by atoms with E-state index in [0.717, 1.165) is 12.8 Å². The Balaban J connectivity index is 2.22. The van der Waals surface area contributed by atoms with Gasteiger partial charge in [-0.25, -0.2) is 4.39 Å². The molecule has 3 heteroatoms. The van der Waals surface area contributed by atoms with E-state index in [1.807, 2.05) is 12.1 Å². The van der Waals surface area contributed by atoms with E-state index in [-0.39, 0.29) is 16.3 Å². The molecule has 1 aromatic rings. The van der Waals surface area contributed by atoms with Gasteiger partial charge in [0.05, 0.1) is 5.02 Å². The summed E-state index contributed by atoms with van der Waals surface area (Å²) < 4.78 is 13.9. The third-order valence-corrected chi connectivity index (χ3v) is 4.27. The van der Waals surface area contributed by atoms with Crippen molar-refractivity contribution in [3.63, 3.8) is 0 Å². The van der Waals surface area contributed by atoms with Crippen LogP contribution in [-0.2, 0) is 6.42 Å². The molecular weight excluding hydrogens is 237 g/mol.